The molecule has 0 N–H and O–H groups in total. The molecule has 1 heterocycles. The largest absolute Gasteiger partial charge is 0.459 e. The van der Waals surface area contributed by atoms with Gasteiger partial charge in [-0.1, -0.05) is 13.3 Å². The first-order valence-corrected chi connectivity index (χ1v) is 5.91. The molecule has 5 nitrogen and oxygen atoms in total. The SMILES string of the molecule is CCCCOCCOCCOC(=O)C1=NC=C1. The van der Waals surface area contributed by atoms with E-state index < -0.39 is 5.97 Å². The van der Waals surface area contributed by atoms with Crippen molar-refractivity contribution in [2.75, 3.05) is 33.0 Å². The van der Waals surface area contributed by atoms with Crippen LogP contribution in [0, 0.1) is 0 Å². The van der Waals surface area contributed by atoms with Crippen LogP contribution in [-0.4, -0.2) is 44.7 Å². The van der Waals surface area contributed by atoms with Gasteiger partial charge in [-0.15, -0.1) is 0 Å². The minimum absolute atomic E-state index is 0.251. The summed E-state index contributed by atoms with van der Waals surface area (Å²) in [5, 5.41) is 0. The van der Waals surface area contributed by atoms with Crippen LogP contribution in [0.5, 0.6) is 0 Å². The molecule has 0 atom stereocenters. The lowest BCUT2D eigenvalue weighted by Gasteiger charge is -2.08. The predicted octanol–water partition coefficient (Wildman–Crippen LogP) is 1.33. The molecule has 0 amide bonds. The highest BCUT2D eigenvalue weighted by Gasteiger charge is 2.12. The van der Waals surface area contributed by atoms with Crippen molar-refractivity contribution in [1.29, 1.82) is 0 Å². The molecule has 17 heavy (non-hydrogen) atoms. The molecule has 96 valence electrons. The van der Waals surface area contributed by atoms with Gasteiger partial charge in [0.15, 0.2) is 0 Å². The van der Waals surface area contributed by atoms with E-state index in [1.54, 1.807) is 12.3 Å². The van der Waals surface area contributed by atoms with Gasteiger partial charge in [0.2, 0.25) is 0 Å². The molecular formula is C12H19NO4. The highest BCUT2D eigenvalue weighted by atomic mass is 16.6. The van der Waals surface area contributed by atoms with Crippen LogP contribution in [0.1, 0.15) is 19.8 Å². The zero-order valence-corrected chi connectivity index (χ0v) is 10.2. The fourth-order valence-corrected chi connectivity index (χ4v) is 1.11. The standard InChI is InChI=1S/C12H19NO4/c1-2-3-6-15-7-8-16-9-10-17-12(14)11-4-5-13-11/h4-5H,2-3,6-10H2,1H3. The normalized spacial score (nSPS) is 13.1. The zero-order chi connectivity index (χ0) is 12.3. The Bertz CT molecular complexity index is 286. The number of nitrogens with zero attached hydrogens (tertiary/aromatic N) is 1. The smallest absolute Gasteiger partial charge is 0.357 e. The van der Waals surface area contributed by atoms with Crippen LogP contribution in [0.15, 0.2) is 17.3 Å². The Labute approximate surface area is 101 Å². The lowest BCUT2D eigenvalue weighted by molar-refractivity contribution is -0.137. The molecule has 0 aromatic heterocycles. The zero-order valence-electron chi connectivity index (χ0n) is 10.2. The molecule has 0 fully saturated rings. The number of ether oxygens (including phenoxy) is 3. The Balaban J connectivity index is 1.79. The van der Waals surface area contributed by atoms with Crippen LogP contribution in [0.2, 0.25) is 0 Å². The lowest BCUT2D eigenvalue weighted by Crippen LogP contribution is -2.20. The van der Waals surface area contributed by atoms with E-state index in [-0.39, 0.29) is 6.61 Å². The van der Waals surface area contributed by atoms with E-state index in [1.165, 1.54) is 0 Å². The van der Waals surface area contributed by atoms with Gasteiger partial charge in [-0.25, -0.2) is 9.79 Å². The fraction of sp³-hybridized carbons (Fsp3) is 0.667. The Morgan fingerprint density at radius 1 is 1.18 bits per heavy atom. The molecule has 0 radical (unpaired) electrons. The first kappa shape index (κ1) is 13.9. The van der Waals surface area contributed by atoms with Crippen LogP contribution in [0.3, 0.4) is 0 Å². The summed E-state index contributed by atoms with van der Waals surface area (Å²) in [5.41, 5.74) is 0.368. The van der Waals surface area contributed by atoms with E-state index in [0.29, 0.717) is 25.5 Å². The summed E-state index contributed by atoms with van der Waals surface area (Å²) in [4.78, 5) is 14.9. The number of rotatable bonds is 10. The van der Waals surface area contributed by atoms with Gasteiger partial charge in [0.25, 0.3) is 0 Å². The molecular weight excluding hydrogens is 222 g/mol. The van der Waals surface area contributed by atoms with Gasteiger partial charge in [0.05, 0.1) is 19.8 Å². The van der Waals surface area contributed by atoms with E-state index in [0.717, 1.165) is 19.4 Å². The van der Waals surface area contributed by atoms with Gasteiger partial charge < -0.3 is 14.2 Å². The highest BCUT2D eigenvalue weighted by Crippen LogP contribution is 1.98. The van der Waals surface area contributed by atoms with E-state index in [4.69, 9.17) is 14.2 Å². The van der Waals surface area contributed by atoms with E-state index in [2.05, 4.69) is 11.9 Å². The molecule has 1 aliphatic heterocycles. The van der Waals surface area contributed by atoms with E-state index in [1.807, 2.05) is 0 Å². The molecule has 0 bridgehead atoms. The second kappa shape index (κ2) is 8.90. The van der Waals surface area contributed by atoms with Gasteiger partial charge in [-0.05, 0) is 12.5 Å². The molecule has 1 rings (SSSR count). The average molecular weight is 241 g/mol. The van der Waals surface area contributed by atoms with Crippen molar-refractivity contribution in [2.45, 2.75) is 19.8 Å². The van der Waals surface area contributed by atoms with Crippen molar-refractivity contribution in [3.05, 3.63) is 12.3 Å². The summed E-state index contributed by atoms with van der Waals surface area (Å²) in [5.74, 6) is -0.393. The van der Waals surface area contributed by atoms with E-state index in [9.17, 15) is 4.79 Å². The van der Waals surface area contributed by atoms with Crippen LogP contribution >= 0.6 is 0 Å². The van der Waals surface area contributed by atoms with Gasteiger partial charge >= 0.3 is 5.97 Å². The lowest BCUT2D eigenvalue weighted by atomic mass is 10.3. The van der Waals surface area contributed by atoms with Crippen molar-refractivity contribution in [1.82, 2.24) is 0 Å². The molecule has 0 saturated heterocycles. The first-order chi connectivity index (χ1) is 8.34. The summed E-state index contributed by atoms with van der Waals surface area (Å²) in [6.45, 7) is 4.66. The summed E-state index contributed by atoms with van der Waals surface area (Å²) in [6.07, 6.45) is 5.38. The number of carbonyl (C=O) groups excluding carboxylic acids is 1. The number of hydrogen-bond acceptors (Lipinski definition) is 5. The number of hydrogen-bond donors (Lipinski definition) is 0. The Morgan fingerprint density at radius 3 is 2.41 bits per heavy atom. The second-order valence-corrected chi connectivity index (χ2v) is 3.54. The van der Waals surface area contributed by atoms with Gasteiger partial charge in [0.1, 0.15) is 12.3 Å². The van der Waals surface area contributed by atoms with Gasteiger partial charge in [0, 0.05) is 12.8 Å². The summed E-state index contributed by atoms with van der Waals surface area (Å²) >= 11 is 0. The molecule has 0 saturated carbocycles. The Hall–Kier alpha value is -1.20. The van der Waals surface area contributed by atoms with Crippen LogP contribution in [-0.2, 0) is 19.0 Å². The number of esters is 1. The van der Waals surface area contributed by atoms with Crippen molar-refractivity contribution in [2.24, 2.45) is 4.99 Å². The molecule has 1 aliphatic rings. The van der Waals surface area contributed by atoms with E-state index >= 15 is 0 Å². The number of unbranched alkanes of at least 4 members (excludes halogenated alkanes) is 1. The minimum Gasteiger partial charge on any atom is -0.459 e. The first-order valence-electron chi connectivity index (χ1n) is 5.91. The molecule has 0 aromatic rings. The summed E-state index contributed by atoms with van der Waals surface area (Å²) < 4.78 is 15.4. The maximum absolute atomic E-state index is 11.1. The molecule has 0 unspecified atom stereocenters. The van der Waals surface area contributed by atoms with Crippen molar-refractivity contribution in [3.8, 4) is 0 Å². The third-order valence-electron chi connectivity index (χ3n) is 2.13. The number of aliphatic imine (C=N–C) groups is 1. The summed E-state index contributed by atoms with van der Waals surface area (Å²) in [7, 11) is 0. The summed E-state index contributed by atoms with van der Waals surface area (Å²) in [6, 6.07) is 0. The topological polar surface area (TPSA) is 57.1 Å². The van der Waals surface area contributed by atoms with Crippen LogP contribution in [0.25, 0.3) is 0 Å². The quantitative estimate of drug-likeness (QED) is 0.427. The molecule has 0 aliphatic carbocycles. The molecule has 5 heteroatoms. The molecule has 0 spiro atoms. The Morgan fingerprint density at radius 2 is 1.82 bits per heavy atom. The average Bonchev–Trinajstić information content (AvgIpc) is 2.24. The maximum atomic E-state index is 11.1. The monoisotopic (exact) mass is 241 g/mol. The third kappa shape index (κ3) is 6.19. The van der Waals surface area contributed by atoms with Crippen molar-refractivity contribution in [3.63, 3.8) is 0 Å². The third-order valence-corrected chi connectivity index (χ3v) is 2.13. The van der Waals surface area contributed by atoms with Gasteiger partial charge in [-0.2, -0.15) is 0 Å². The van der Waals surface area contributed by atoms with Crippen LogP contribution < -0.4 is 0 Å². The highest BCUT2D eigenvalue weighted by molar-refractivity contribution is 6.43. The molecule has 0 aromatic carbocycles. The van der Waals surface area contributed by atoms with Gasteiger partial charge in [-0.3, -0.25) is 0 Å². The maximum Gasteiger partial charge on any atom is 0.357 e. The van der Waals surface area contributed by atoms with Crippen molar-refractivity contribution < 1.29 is 19.0 Å². The fourth-order valence-electron chi connectivity index (χ4n) is 1.11. The van der Waals surface area contributed by atoms with Crippen molar-refractivity contribution >= 4 is 11.7 Å². The van der Waals surface area contributed by atoms with Crippen LogP contribution in [0.4, 0.5) is 0 Å². The minimum atomic E-state index is -0.393. The number of carbonyl (C=O) groups is 1. The second-order valence-electron chi connectivity index (χ2n) is 3.54. The predicted molar refractivity (Wildman–Crippen MR) is 64.1 cm³/mol. The Kier molecular flexibility index (Phi) is 7.25.